The first kappa shape index (κ1) is 16.4. The van der Waals surface area contributed by atoms with Crippen molar-refractivity contribution >= 4 is 34.4 Å². The van der Waals surface area contributed by atoms with Crippen molar-refractivity contribution in [3.63, 3.8) is 0 Å². The molecule has 0 aliphatic heterocycles. The predicted molar refractivity (Wildman–Crippen MR) is 96.6 cm³/mol. The van der Waals surface area contributed by atoms with E-state index in [1.165, 1.54) is 25.3 Å². The maximum absolute atomic E-state index is 12.3. The van der Waals surface area contributed by atoms with E-state index in [0.717, 1.165) is 0 Å². The van der Waals surface area contributed by atoms with Gasteiger partial charge >= 0.3 is 0 Å². The Morgan fingerprint density at radius 1 is 1.04 bits per heavy atom. The van der Waals surface area contributed by atoms with Crippen LogP contribution in [0.5, 0.6) is 0 Å². The zero-order chi connectivity index (χ0) is 17.8. The first-order chi connectivity index (χ1) is 12.0. The van der Waals surface area contributed by atoms with Crippen LogP contribution < -0.4 is 10.7 Å². The molecule has 3 rings (SSSR count). The van der Waals surface area contributed by atoms with Crippen LogP contribution in [0.3, 0.4) is 0 Å². The predicted octanol–water partition coefficient (Wildman–Crippen LogP) is 3.65. The lowest BCUT2D eigenvalue weighted by Crippen LogP contribution is -2.09. The van der Waals surface area contributed by atoms with Crippen LogP contribution >= 0.6 is 0 Å². The van der Waals surface area contributed by atoms with E-state index in [4.69, 9.17) is 4.42 Å². The van der Waals surface area contributed by atoms with Crippen LogP contribution in [-0.2, 0) is 4.79 Å². The first-order valence-corrected chi connectivity index (χ1v) is 7.65. The minimum atomic E-state index is -0.386. The van der Waals surface area contributed by atoms with Crippen LogP contribution in [0.1, 0.15) is 22.8 Å². The molecule has 0 radical (unpaired) electrons. The molecule has 0 fully saturated rings. The molecule has 25 heavy (non-hydrogen) atoms. The molecule has 1 N–H and O–H groups in total. The molecule has 0 spiro atoms. The molecular formula is C20H15NO4. The second-order valence-corrected chi connectivity index (χ2v) is 5.47. The largest absolute Gasteiger partial charge is 0.463 e. The fourth-order valence-corrected chi connectivity index (χ4v) is 2.35. The van der Waals surface area contributed by atoms with Crippen molar-refractivity contribution in [2.24, 2.45) is 0 Å². The lowest BCUT2D eigenvalue weighted by atomic mass is 10.1. The Bertz CT molecular complexity index is 1030. The number of hydrogen-bond acceptors (Lipinski definition) is 4. The fourth-order valence-electron chi connectivity index (χ4n) is 2.35. The van der Waals surface area contributed by atoms with E-state index in [-0.39, 0.29) is 17.1 Å². The number of para-hydroxylation sites is 1. The topological polar surface area (TPSA) is 76.4 Å². The van der Waals surface area contributed by atoms with Crippen LogP contribution in [0, 0.1) is 0 Å². The molecule has 2 aromatic carbocycles. The number of fused-ring (bicyclic) bond motifs is 1. The van der Waals surface area contributed by atoms with Crippen LogP contribution in [0.25, 0.3) is 17.0 Å². The van der Waals surface area contributed by atoms with Crippen LogP contribution in [0.2, 0.25) is 0 Å². The molecule has 0 aliphatic rings. The molecule has 3 aromatic rings. The summed E-state index contributed by atoms with van der Waals surface area (Å²) in [5, 5.41) is 3.13. The molecule has 1 heterocycles. The zero-order valence-corrected chi connectivity index (χ0v) is 13.5. The quantitative estimate of drug-likeness (QED) is 0.584. The summed E-state index contributed by atoms with van der Waals surface area (Å²) in [6.07, 6.45) is 4.01. The van der Waals surface area contributed by atoms with Gasteiger partial charge in [-0.3, -0.25) is 14.4 Å². The Hall–Kier alpha value is -3.47. The van der Waals surface area contributed by atoms with E-state index in [1.807, 2.05) is 0 Å². The Kier molecular flexibility index (Phi) is 4.57. The molecule has 124 valence electrons. The monoisotopic (exact) mass is 333 g/mol. The highest BCUT2D eigenvalue weighted by atomic mass is 16.3. The summed E-state index contributed by atoms with van der Waals surface area (Å²) < 4.78 is 5.39. The Labute approximate surface area is 143 Å². The van der Waals surface area contributed by atoms with Gasteiger partial charge in [0, 0.05) is 17.3 Å². The van der Waals surface area contributed by atoms with Gasteiger partial charge in [0.05, 0.1) is 10.9 Å². The first-order valence-electron chi connectivity index (χ1n) is 7.65. The lowest BCUT2D eigenvalue weighted by molar-refractivity contribution is -0.111. The van der Waals surface area contributed by atoms with Crippen LogP contribution in [0.4, 0.5) is 5.69 Å². The molecule has 0 unspecified atom stereocenters. The maximum atomic E-state index is 12.3. The van der Waals surface area contributed by atoms with E-state index in [2.05, 4.69) is 5.32 Å². The van der Waals surface area contributed by atoms with Crippen molar-refractivity contribution in [2.75, 3.05) is 5.32 Å². The smallest absolute Gasteiger partial charge is 0.248 e. The molecule has 5 heteroatoms. The van der Waals surface area contributed by atoms with E-state index in [1.54, 1.807) is 48.5 Å². The summed E-state index contributed by atoms with van der Waals surface area (Å²) in [5.41, 5.74) is 1.73. The maximum Gasteiger partial charge on any atom is 0.248 e. The summed E-state index contributed by atoms with van der Waals surface area (Å²) in [6, 6.07) is 13.5. The molecule has 0 atom stereocenters. The van der Waals surface area contributed by atoms with Gasteiger partial charge in [0.1, 0.15) is 11.8 Å². The number of amides is 1. The second kappa shape index (κ2) is 6.97. The van der Waals surface area contributed by atoms with Crippen LogP contribution in [-0.4, -0.2) is 11.7 Å². The number of Topliss-reactive ketones (excluding diaryl/α,β-unsaturated/α-hetero) is 1. The summed E-state index contributed by atoms with van der Waals surface area (Å²) in [6.45, 7) is 1.48. The molecule has 0 saturated carbocycles. The molecule has 0 saturated heterocycles. The fraction of sp³-hybridized carbons (Fsp3) is 0.0500. The molecule has 0 bridgehead atoms. The number of carbonyl (C=O) groups excluding carboxylic acids is 2. The van der Waals surface area contributed by atoms with Crippen LogP contribution in [0.15, 0.2) is 70.1 Å². The van der Waals surface area contributed by atoms with Gasteiger partial charge in [0.15, 0.2) is 11.2 Å². The van der Waals surface area contributed by atoms with E-state index in [0.29, 0.717) is 27.8 Å². The minimum absolute atomic E-state index is 0.0409. The summed E-state index contributed by atoms with van der Waals surface area (Å²) >= 11 is 0. The highest BCUT2D eigenvalue weighted by Crippen LogP contribution is 2.12. The summed E-state index contributed by atoms with van der Waals surface area (Å²) in [7, 11) is 0. The normalized spacial score (nSPS) is 10.9. The third-order valence-electron chi connectivity index (χ3n) is 3.68. The van der Waals surface area contributed by atoms with Gasteiger partial charge in [-0.2, -0.15) is 0 Å². The Morgan fingerprint density at radius 2 is 1.76 bits per heavy atom. The minimum Gasteiger partial charge on any atom is -0.463 e. The van der Waals surface area contributed by atoms with E-state index in [9.17, 15) is 14.4 Å². The van der Waals surface area contributed by atoms with Gasteiger partial charge in [-0.15, -0.1) is 0 Å². The van der Waals surface area contributed by atoms with Crippen molar-refractivity contribution in [1.29, 1.82) is 0 Å². The standard InChI is InChI=1S/C20H15NO4/c1-13(22)14-6-9-16(10-7-14)21-19(23)11-8-15-12-25-18-5-3-2-4-17(18)20(15)24/h2-12H,1H3,(H,21,23)/b11-8+. The SMILES string of the molecule is CC(=O)c1ccc(NC(=O)/C=C/c2coc3ccccc3c2=O)cc1. The van der Waals surface area contributed by atoms with Crippen molar-refractivity contribution in [2.45, 2.75) is 6.92 Å². The summed E-state index contributed by atoms with van der Waals surface area (Å²) in [4.78, 5) is 35.5. The van der Waals surface area contributed by atoms with Gasteiger partial charge in [-0.05, 0) is 49.4 Å². The number of ketones is 1. The second-order valence-electron chi connectivity index (χ2n) is 5.47. The number of carbonyl (C=O) groups is 2. The molecule has 1 aromatic heterocycles. The highest BCUT2D eigenvalue weighted by Gasteiger charge is 2.05. The lowest BCUT2D eigenvalue weighted by Gasteiger charge is -2.03. The number of rotatable bonds is 4. The molecule has 5 nitrogen and oxygen atoms in total. The Balaban J connectivity index is 1.75. The average molecular weight is 333 g/mol. The van der Waals surface area contributed by atoms with Crippen molar-refractivity contribution in [3.8, 4) is 0 Å². The van der Waals surface area contributed by atoms with Gasteiger partial charge in [0.2, 0.25) is 5.91 Å². The highest BCUT2D eigenvalue weighted by molar-refractivity contribution is 6.02. The van der Waals surface area contributed by atoms with Crippen molar-refractivity contribution in [1.82, 2.24) is 0 Å². The van der Waals surface area contributed by atoms with Crippen molar-refractivity contribution < 1.29 is 14.0 Å². The number of benzene rings is 2. The van der Waals surface area contributed by atoms with Gasteiger partial charge in [-0.1, -0.05) is 12.1 Å². The third kappa shape index (κ3) is 3.72. The van der Waals surface area contributed by atoms with Gasteiger partial charge < -0.3 is 9.73 Å². The third-order valence-corrected chi connectivity index (χ3v) is 3.68. The summed E-state index contributed by atoms with van der Waals surface area (Å²) in [5.74, 6) is -0.427. The number of nitrogens with one attached hydrogen (secondary N) is 1. The number of hydrogen-bond donors (Lipinski definition) is 1. The Morgan fingerprint density at radius 3 is 2.48 bits per heavy atom. The van der Waals surface area contributed by atoms with E-state index >= 15 is 0 Å². The van der Waals surface area contributed by atoms with Crippen molar-refractivity contribution in [3.05, 3.63) is 82.2 Å². The number of anilines is 1. The van der Waals surface area contributed by atoms with Gasteiger partial charge in [-0.25, -0.2) is 0 Å². The average Bonchev–Trinajstić information content (AvgIpc) is 2.62. The zero-order valence-electron chi connectivity index (χ0n) is 13.5. The molecule has 0 aliphatic carbocycles. The molecule has 1 amide bonds. The van der Waals surface area contributed by atoms with Gasteiger partial charge in [0.25, 0.3) is 0 Å². The molecular weight excluding hydrogens is 318 g/mol. The van der Waals surface area contributed by atoms with E-state index < -0.39 is 0 Å².